The van der Waals surface area contributed by atoms with Crippen molar-refractivity contribution in [1.29, 1.82) is 0 Å². The summed E-state index contributed by atoms with van der Waals surface area (Å²) in [6.07, 6.45) is 15.5. The first-order valence-electron chi connectivity index (χ1n) is 6.82. The van der Waals surface area contributed by atoms with Crippen LogP contribution in [0.4, 0.5) is 0 Å². The van der Waals surface area contributed by atoms with Gasteiger partial charge in [0.1, 0.15) is 0 Å². The molecule has 0 saturated heterocycles. The van der Waals surface area contributed by atoms with Crippen molar-refractivity contribution in [3.05, 3.63) is 18.6 Å². The molecule has 0 fully saturated rings. The van der Waals surface area contributed by atoms with Crippen LogP contribution < -0.4 is 0 Å². The first kappa shape index (κ1) is 14.7. The van der Waals surface area contributed by atoms with E-state index in [1.165, 1.54) is 57.8 Å². The maximum absolute atomic E-state index is 3.95. The molecule has 0 aromatic carbocycles. The van der Waals surface area contributed by atoms with E-state index in [0.717, 1.165) is 6.42 Å². The maximum Gasteiger partial charge on any atom is -0.0320 e. The van der Waals surface area contributed by atoms with Gasteiger partial charge in [0.25, 0.3) is 0 Å². The standard InChI is InChI=1S/C15H29/c1-4-7-9-10-11-14-15(12-6-3)13-8-5-2/h14H,3-13H2,1-2H3. The van der Waals surface area contributed by atoms with Crippen LogP contribution >= 0.6 is 0 Å². The Bertz CT molecular complexity index is 144. The van der Waals surface area contributed by atoms with E-state index in [4.69, 9.17) is 0 Å². The Morgan fingerprint density at radius 1 is 0.933 bits per heavy atom. The van der Waals surface area contributed by atoms with E-state index >= 15 is 0 Å². The summed E-state index contributed by atoms with van der Waals surface area (Å²) >= 11 is 0. The van der Waals surface area contributed by atoms with Gasteiger partial charge in [-0.15, -0.1) is 0 Å². The van der Waals surface area contributed by atoms with Crippen molar-refractivity contribution in [2.45, 2.75) is 78.1 Å². The highest BCUT2D eigenvalue weighted by Gasteiger charge is 1.95. The Balaban J connectivity index is 3.63. The van der Waals surface area contributed by atoms with E-state index in [-0.39, 0.29) is 0 Å². The molecule has 0 aliphatic rings. The summed E-state index contributed by atoms with van der Waals surface area (Å²) in [5, 5.41) is 0. The van der Waals surface area contributed by atoms with Gasteiger partial charge in [0, 0.05) is 0 Å². The van der Waals surface area contributed by atoms with Crippen LogP contribution in [0.1, 0.15) is 78.1 Å². The Labute approximate surface area is 97.2 Å². The second kappa shape index (κ2) is 11.8. The van der Waals surface area contributed by atoms with Gasteiger partial charge in [-0.05, 0) is 38.5 Å². The van der Waals surface area contributed by atoms with Gasteiger partial charge in [0.15, 0.2) is 0 Å². The van der Waals surface area contributed by atoms with Crippen molar-refractivity contribution in [2.75, 3.05) is 0 Å². The Hall–Kier alpha value is -0.260. The number of allylic oxidation sites excluding steroid dienone is 2. The summed E-state index contributed by atoms with van der Waals surface area (Å²) in [6.45, 7) is 8.49. The highest BCUT2D eigenvalue weighted by Crippen LogP contribution is 2.15. The lowest BCUT2D eigenvalue weighted by molar-refractivity contribution is 0.668. The van der Waals surface area contributed by atoms with Crippen molar-refractivity contribution in [1.82, 2.24) is 0 Å². The van der Waals surface area contributed by atoms with Gasteiger partial charge in [0.2, 0.25) is 0 Å². The minimum absolute atomic E-state index is 1.06. The molecule has 0 heteroatoms. The summed E-state index contributed by atoms with van der Waals surface area (Å²) in [5.74, 6) is 0. The molecule has 0 unspecified atom stereocenters. The van der Waals surface area contributed by atoms with Gasteiger partial charge in [-0.1, -0.05) is 58.1 Å². The molecule has 0 N–H and O–H groups in total. The lowest BCUT2D eigenvalue weighted by Gasteiger charge is -2.05. The zero-order valence-corrected chi connectivity index (χ0v) is 10.9. The molecule has 0 rings (SSSR count). The topological polar surface area (TPSA) is 0 Å². The molecule has 0 aromatic heterocycles. The Kier molecular flexibility index (Phi) is 11.6. The number of hydrogen-bond acceptors (Lipinski definition) is 0. The minimum Gasteiger partial charge on any atom is -0.0853 e. The molecule has 1 radical (unpaired) electrons. The Morgan fingerprint density at radius 3 is 2.27 bits per heavy atom. The van der Waals surface area contributed by atoms with Gasteiger partial charge in [-0.2, -0.15) is 0 Å². The first-order valence-corrected chi connectivity index (χ1v) is 6.82. The van der Waals surface area contributed by atoms with Crippen LogP contribution in [0.2, 0.25) is 0 Å². The molecule has 0 nitrogen and oxygen atoms in total. The van der Waals surface area contributed by atoms with Crippen LogP contribution in [0.25, 0.3) is 0 Å². The average molecular weight is 209 g/mol. The minimum atomic E-state index is 1.06. The lowest BCUT2D eigenvalue weighted by Crippen LogP contribution is -1.85. The third-order valence-corrected chi connectivity index (χ3v) is 2.84. The molecule has 0 amide bonds. The second-order valence-electron chi connectivity index (χ2n) is 4.42. The largest absolute Gasteiger partial charge is 0.0853 e. The second-order valence-corrected chi connectivity index (χ2v) is 4.42. The number of hydrogen-bond donors (Lipinski definition) is 0. The molecule has 0 aliphatic carbocycles. The quantitative estimate of drug-likeness (QED) is 0.320. The van der Waals surface area contributed by atoms with E-state index in [1.807, 2.05) is 0 Å². The van der Waals surface area contributed by atoms with Crippen molar-refractivity contribution in [3.63, 3.8) is 0 Å². The van der Waals surface area contributed by atoms with Crippen molar-refractivity contribution in [2.24, 2.45) is 0 Å². The fraction of sp³-hybridized carbons (Fsp3) is 0.800. The van der Waals surface area contributed by atoms with Crippen LogP contribution in [0.5, 0.6) is 0 Å². The smallest absolute Gasteiger partial charge is 0.0320 e. The SMILES string of the molecule is [CH2]CCC(=CCCCCCC)CCCC. The lowest BCUT2D eigenvalue weighted by atomic mass is 10.0. The van der Waals surface area contributed by atoms with E-state index in [2.05, 4.69) is 26.8 Å². The molecule has 15 heavy (non-hydrogen) atoms. The summed E-state index contributed by atoms with van der Waals surface area (Å²) in [4.78, 5) is 0. The molecular weight excluding hydrogens is 180 g/mol. The first-order chi connectivity index (χ1) is 7.35. The van der Waals surface area contributed by atoms with Gasteiger partial charge in [-0.3, -0.25) is 0 Å². The molecule has 89 valence electrons. The van der Waals surface area contributed by atoms with E-state index in [9.17, 15) is 0 Å². The van der Waals surface area contributed by atoms with Crippen LogP contribution in [0, 0.1) is 6.92 Å². The van der Waals surface area contributed by atoms with Crippen molar-refractivity contribution in [3.8, 4) is 0 Å². The molecule has 0 atom stereocenters. The van der Waals surface area contributed by atoms with Gasteiger partial charge in [-0.25, -0.2) is 0 Å². The van der Waals surface area contributed by atoms with Crippen molar-refractivity contribution < 1.29 is 0 Å². The van der Waals surface area contributed by atoms with Crippen LogP contribution in [0.15, 0.2) is 11.6 Å². The van der Waals surface area contributed by atoms with Gasteiger partial charge in [0.05, 0.1) is 0 Å². The number of rotatable bonds is 10. The monoisotopic (exact) mass is 209 g/mol. The van der Waals surface area contributed by atoms with E-state index in [1.54, 1.807) is 5.57 Å². The third kappa shape index (κ3) is 10.0. The van der Waals surface area contributed by atoms with E-state index in [0.29, 0.717) is 0 Å². The fourth-order valence-electron chi connectivity index (χ4n) is 1.84. The van der Waals surface area contributed by atoms with Crippen LogP contribution in [-0.4, -0.2) is 0 Å². The van der Waals surface area contributed by atoms with Gasteiger partial charge < -0.3 is 0 Å². The van der Waals surface area contributed by atoms with Crippen LogP contribution in [-0.2, 0) is 0 Å². The molecule has 0 saturated carbocycles. The zero-order valence-electron chi connectivity index (χ0n) is 10.9. The summed E-state index contributed by atoms with van der Waals surface area (Å²) < 4.78 is 0. The number of unbranched alkanes of at least 4 members (excludes halogenated alkanes) is 5. The highest BCUT2D eigenvalue weighted by molar-refractivity contribution is 5.02. The predicted molar refractivity (Wildman–Crippen MR) is 71.0 cm³/mol. The molecule has 0 aliphatic heterocycles. The molecule has 0 bridgehead atoms. The molecular formula is C15H29. The predicted octanol–water partition coefficient (Wildman–Crippen LogP) is 5.69. The summed E-state index contributed by atoms with van der Waals surface area (Å²) in [7, 11) is 0. The maximum atomic E-state index is 3.95. The van der Waals surface area contributed by atoms with E-state index < -0.39 is 0 Å². The summed E-state index contributed by atoms with van der Waals surface area (Å²) in [6, 6.07) is 0. The van der Waals surface area contributed by atoms with Gasteiger partial charge >= 0.3 is 0 Å². The Morgan fingerprint density at radius 2 is 1.67 bits per heavy atom. The average Bonchev–Trinajstić information content (AvgIpc) is 2.25. The normalized spacial score (nSPS) is 12.1. The molecule has 0 heterocycles. The third-order valence-electron chi connectivity index (χ3n) is 2.84. The molecule has 0 aromatic rings. The fourth-order valence-corrected chi connectivity index (χ4v) is 1.84. The zero-order chi connectivity index (χ0) is 11.4. The highest BCUT2D eigenvalue weighted by atomic mass is 14.0. The van der Waals surface area contributed by atoms with Crippen molar-refractivity contribution >= 4 is 0 Å². The summed E-state index contributed by atoms with van der Waals surface area (Å²) in [5.41, 5.74) is 1.66. The van der Waals surface area contributed by atoms with Crippen LogP contribution in [0.3, 0.4) is 0 Å². The molecule has 0 spiro atoms.